The summed E-state index contributed by atoms with van der Waals surface area (Å²) in [5.41, 5.74) is 0.950. The van der Waals surface area contributed by atoms with Crippen LogP contribution in [-0.2, 0) is 16.4 Å². The lowest BCUT2D eigenvalue weighted by Gasteiger charge is -2.32. The summed E-state index contributed by atoms with van der Waals surface area (Å²) in [6, 6.07) is 12.6. The zero-order valence-electron chi connectivity index (χ0n) is 16.7. The third kappa shape index (κ3) is 5.17. The van der Waals surface area contributed by atoms with Crippen molar-refractivity contribution in [3.8, 4) is 5.75 Å². The molecule has 0 radical (unpaired) electrons. The van der Waals surface area contributed by atoms with Crippen LogP contribution in [0.2, 0.25) is 5.02 Å². The molecule has 0 atom stereocenters. The Balaban J connectivity index is 1.37. The lowest BCUT2D eigenvalue weighted by atomic mass is 10.1. The second-order valence-corrected chi connectivity index (χ2v) is 9.42. The molecule has 170 valence electrons. The maximum atomic E-state index is 12.9. The van der Waals surface area contributed by atoms with E-state index in [0.717, 1.165) is 5.56 Å². The van der Waals surface area contributed by atoms with Gasteiger partial charge in [0.2, 0.25) is 10.0 Å². The van der Waals surface area contributed by atoms with Crippen molar-refractivity contribution in [2.24, 2.45) is 0 Å². The Labute approximate surface area is 188 Å². The molecule has 8 nitrogen and oxygen atoms in total. The molecule has 0 aliphatic carbocycles. The van der Waals surface area contributed by atoms with Gasteiger partial charge < -0.3 is 14.2 Å². The maximum absolute atomic E-state index is 12.9. The first-order valence-corrected chi connectivity index (χ1v) is 11.5. The molecule has 1 fully saturated rings. The molecule has 2 aromatic carbocycles. The average Bonchev–Trinajstić information content (AvgIpc) is 3.22. The van der Waals surface area contributed by atoms with E-state index in [-0.39, 0.29) is 23.7 Å². The standard InChI is InChI=1S/C20H19ClF2N4O4S/c21-15-3-1-2-14(12-15)13-18-24-20(31-25-18)26-8-10-27(11-9-26)32(28,29)17-6-4-16(5-7-17)30-19(22)23/h1-7,12,19H,8-11,13H2. The highest BCUT2D eigenvalue weighted by Crippen LogP contribution is 2.23. The Bertz CT molecular complexity index is 1170. The van der Waals surface area contributed by atoms with Crippen LogP contribution < -0.4 is 9.64 Å². The van der Waals surface area contributed by atoms with Gasteiger partial charge in [-0.05, 0) is 42.0 Å². The molecular weight excluding hydrogens is 466 g/mol. The fourth-order valence-corrected chi connectivity index (χ4v) is 4.97. The Morgan fingerprint density at radius 3 is 2.47 bits per heavy atom. The van der Waals surface area contributed by atoms with Gasteiger partial charge in [-0.3, -0.25) is 0 Å². The lowest BCUT2D eigenvalue weighted by Crippen LogP contribution is -2.48. The van der Waals surface area contributed by atoms with Gasteiger partial charge in [0.15, 0.2) is 5.82 Å². The van der Waals surface area contributed by atoms with Gasteiger partial charge in [0.05, 0.1) is 4.90 Å². The predicted molar refractivity (Wildman–Crippen MR) is 113 cm³/mol. The molecule has 3 aromatic rings. The van der Waals surface area contributed by atoms with Crippen molar-refractivity contribution in [2.45, 2.75) is 17.9 Å². The highest BCUT2D eigenvalue weighted by atomic mass is 35.5. The molecule has 12 heteroatoms. The van der Waals surface area contributed by atoms with Crippen LogP contribution in [0, 0.1) is 0 Å². The number of hydrogen-bond donors (Lipinski definition) is 0. The van der Waals surface area contributed by atoms with Crippen LogP contribution in [0.3, 0.4) is 0 Å². The van der Waals surface area contributed by atoms with Crippen LogP contribution >= 0.6 is 11.6 Å². The van der Waals surface area contributed by atoms with Crippen LogP contribution in [0.25, 0.3) is 0 Å². The number of piperazine rings is 1. The van der Waals surface area contributed by atoms with Crippen molar-refractivity contribution in [2.75, 3.05) is 31.1 Å². The summed E-state index contributed by atoms with van der Waals surface area (Å²) in [5, 5.41) is 4.62. The zero-order chi connectivity index (χ0) is 22.7. The van der Waals surface area contributed by atoms with E-state index in [9.17, 15) is 17.2 Å². The van der Waals surface area contributed by atoms with Gasteiger partial charge in [-0.25, -0.2) is 8.42 Å². The van der Waals surface area contributed by atoms with E-state index in [0.29, 0.717) is 36.4 Å². The minimum Gasteiger partial charge on any atom is -0.435 e. The Morgan fingerprint density at radius 2 is 1.81 bits per heavy atom. The van der Waals surface area contributed by atoms with E-state index >= 15 is 0 Å². The van der Waals surface area contributed by atoms with Crippen molar-refractivity contribution in [1.82, 2.24) is 14.4 Å². The Kier molecular flexibility index (Phi) is 6.58. The summed E-state index contributed by atoms with van der Waals surface area (Å²) >= 11 is 6.00. The van der Waals surface area contributed by atoms with E-state index in [2.05, 4.69) is 14.9 Å². The summed E-state index contributed by atoms with van der Waals surface area (Å²) < 4.78 is 61.2. The van der Waals surface area contributed by atoms with Gasteiger partial charge in [-0.1, -0.05) is 28.9 Å². The fraction of sp³-hybridized carbons (Fsp3) is 0.300. The van der Waals surface area contributed by atoms with Crippen molar-refractivity contribution < 1.29 is 26.5 Å². The van der Waals surface area contributed by atoms with Crippen LogP contribution in [0.15, 0.2) is 57.9 Å². The number of halogens is 3. The second kappa shape index (κ2) is 9.39. The smallest absolute Gasteiger partial charge is 0.387 e. The number of hydrogen-bond acceptors (Lipinski definition) is 7. The summed E-state index contributed by atoms with van der Waals surface area (Å²) in [7, 11) is -3.77. The zero-order valence-corrected chi connectivity index (χ0v) is 18.3. The van der Waals surface area contributed by atoms with Crippen molar-refractivity contribution in [3.05, 3.63) is 64.9 Å². The number of aromatic nitrogens is 2. The molecule has 0 N–H and O–H groups in total. The highest BCUT2D eigenvalue weighted by molar-refractivity contribution is 7.89. The normalized spacial score (nSPS) is 15.3. The molecule has 0 saturated carbocycles. The second-order valence-electron chi connectivity index (χ2n) is 7.04. The molecule has 0 bridgehead atoms. The predicted octanol–water partition coefficient (Wildman–Crippen LogP) is 3.43. The average molecular weight is 485 g/mol. The third-order valence-electron chi connectivity index (χ3n) is 4.90. The molecule has 1 saturated heterocycles. The van der Waals surface area contributed by atoms with Gasteiger partial charge in [-0.15, -0.1) is 0 Å². The van der Waals surface area contributed by atoms with Gasteiger partial charge in [0, 0.05) is 37.6 Å². The van der Waals surface area contributed by atoms with Crippen LogP contribution in [0.4, 0.5) is 14.8 Å². The van der Waals surface area contributed by atoms with Gasteiger partial charge in [-0.2, -0.15) is 18.1 Å². The van der Waals surface area contributed by atoms with Crippen molar-refractivity contribution in [3.63, 3.8) is 0 Å². The van der Waals surface area contributed by atoms with E-state index in [4.69, 9.17) is 16.1 Å². The first-order chi connectivity index (χ1) is 15.3. The van der Waals surface area contributed by atoms with E-state index < -0.39 is 16.6 Å². The number of ether oxygens (including phenoxy) is 1. The molecule has 1 aromatic heterocycles. The molecule has 4 rings (SSSR count). The van der Waals surface area contributed by atoms with Crippen LogP contribution in [0.1, 0.15) is 11.4 Å². The highest BCUT2D eigenvalue weighted by Gasteiger charge is 2.30. The summed E-state index contributed by atoms with van der Waals surface area (Å²) in [6.07, 6.45) is 0.462. The summed E-state index contributed by atoms with van der Waals surface area (Å²) in [6.45, 7) is -1.82. The quantitative estimate of drug-likeness (QED) is 0.507. The van der Waals surface area contributed by atoms with E-state index in [1.165, 1.54) is 28.6 Å². The minimum atomic E-state index is -3.77. The Hall–Kier alpha value is -2.76. The van der Waals surface area contributed by atoms with E-state index in [1.807, 2.05) is 23.1 Å². The van der Waals surface area contributed by atoms with Crippen molar-refractivity contribution in [1.29, 1.82) is 0 Å². The van der Waals surface area contributed by atoms with Crippen molar-refractivity contribution >= 4 is 27.6 Å². The Morgan fingerprint density at radius 1 is 1.09 bits per heavy atom. The molecule has 0 unspecified atom stereocenters. The van der Waals surface area contributed by atoms with Gasteiger partial charge in [0.25, 0.3) is 0 Å². The molecule has 1 aliphatic rings. The molecular formula is C20H19ClF2N4O4S. The van der Waals surface area contributed by atoms with Crippen LogP contribution in [0.5, 0.6) is 5.75 Å². The maximum Gasteiger partial charge on any atom is 0.387 e. The lowest BCUT2D eigenvalue weighted by molar-refractivity contribution is -0.0498. The fourth-order valence-electron chi connectivity index (χ4n) is 3.34. The molecule has 1 aliphatic heterocycles. The SMILES string of the molecule is O=S(=O)(c1ccc(OC(F)F)cc1)N1CCN(c2nc(Cc3cccc(Cl)c3)no2)CC1. The molecule has 2 heterocycles. The van der Waals surface area contributed by atoms with E-state index in [1.54, 1.807) is 6.07 Å². The monoisotopic (exact) mass is 484 g/mol. The topological polar surface area (TPSA) is 88.8 Å². The number of nitrogens with zero attached hydrogens (tertiary/aromatic N) is 4. The third-order valence-corrected chi connectivity index (χ3v) is 7.05. The first kappa shape index (κ1) is 22.4. The summed E-state index contributed by atoms with van der Waals surface area (Å²) in [4.78, 5) is 6.23. The molecule has 0 spiro atoms. The first-order valence-electron chi connectivity index (χ1n) is 9.68. The molecule has 32 heavy (non-hydrogen) atoms. The number of rotatable bonds is 7. The van der Waals surface area contributed by atoms with Crippen LogP contribution in [-0.4, -0.2) is 55.7 Å². The summed E-state index contributed by atoms with van der Waals surface area (Å²) in [5.74, 6) is 0.400. The largest absolute Gasteiger partial charge is 0.435 e. The number of benzene rings is 2. The number of anilines is 1. The van der Waals surface area contributed by atoms with Gasteiger partial charge in [0.1, 0.15) is 5.75 Å². The molecule has 0 amide bonds. The van der Waals surface area contributed by atoms with Gasteiger partial charge >= 0.3 is 12.6 Å². The number of alkyl halides is 2. The number of sulfonamides is 1. The minimum absolute atomic E-state index is 0.00849.